The van der Waals surface area contributed by atoms with Crippen LogP contribution in [-0.4, -0.2) is 38.4 Å². The molecule has 2 aromatic carbocycles. The number of carbonyl (C=O) groups is 1. The molecule has 0 atom stereocenters. The van der Waals surface area contributed by atoms with Gasteiger partial charge in [0.2, 0.25) is 5.91 Å². The number of carbonyl (C=O) groups excluding carboxylic acids is 1. The predicted molar refractivity (Wildman–Crippen MR) is 115 cm³/mol. The van der Waals surface area contributed by atoms with Crippen LogP contribution in [0.1, 0.15) is 24.3 Å². The Morgan fingerprint density at radius 1 is 1.13 bits per heavy atom. The Balaban J connectivity index is 1.26. The lowest BCUT2D eigenvalue weighted by Crippen LogP contribution is -2.39. The number of hydrogen-bond donors (Lipinski definition) is 1. The lowest BCUT2D eigenvalue weighted by Gasteiger charge is -2.32. The summed E-state index contributed by atoms with van der Waals surface area (Å²) in [5, 5.41) is 13.0. The molecule has 0 unspecified atom stereocenters. The SMILES string of the molecule is O=C(Cn1ccc2cc([N+](=O)[O-])ccc21)N1CCC(c2c[nH]c3ccccc23)CC1. The lowest BCUT2D eigenvalue weighted by molar-refractivity contribution is -0.384. The lowest BCUT2D eigenvalue weighted by atomic mass is 9.89. The predicted octanol–water partition coefficient (Wildman–Crippen LogP) is 4.44. The highest BCUT2D eigenvalue weighted by molar-refractivity contribution is 5.85. The molecule has 1 amide bonds. The van der Waals surface area contributed by atoms with E-state index in [4.69, 9.17) is 0 Å². The van der Waals surface area contributed by atoms with Crippen LogP contribution in [0.25, 0.3) is 21.8 Å². The van der Waals surface area contributed by atoms with Crippen molar-refractivity contribution in [3.63, 3.8) is 0 Å². The second-order valence-corrected chi connectivity index (χ2v) is 7.89. The number of para-hydroxylation sites is 1. The van der Waals surface area contributed by atoms with Crippen LogP contribution in [0.5, 0.6) is 0 Å². The number of rotatable bonds is 4. The van der Waals surface area contributed by atoms with Gasteiger partial charge in [0.25, 0.3) is 5.69 Å². The van der Waals surface area contributed by atoms with Crippen LogP contribution in [0.2, 0.25) is 0 Å². The first-order chi connectivity index (χ1) is 14.6. The molecule has 3 heterocycles. The summed E-state index contributed by atoms with van der Waals surface area (Å²) in [4.78, 5) is 28.7. The van der Waals surface area contributed by atoms with Crippen LogP contribution >= 0.6 is 0 Å². The van der Waals surface area contributed by atoms with Crippen molar-refractivity contribution in [2.45, 2.75) is 25.3 Å². The quantitative estimate of drug-likeness (QED) is 0.405. The highest BCUT2D eigenvalue weighted by atomic mass is 16.6. The molecule has 0 radical (unpaired) electrons. The van der Waals surface area contributed by atoms with E-state index in [0.29, 0.717) is 5.92 Å². The number of nitro benzene ring substituents is 1. The van der Waals surface area contributed by atoms with E-state index in [1.54, 1.807) is 12.1 Å². The Kier molecular flexibility index (Phi) is 4.50. The third-order valence-corrected chi connectivity index (χ3v) is 6.18. The molecule has 1 saturated heterocycles. The molecule has 4 aromatic rings. The summed E-state index contributed by atoms with van der Waals surface area (Å²) in [6.45, 7) is 1.74. The summed E-state index contributed by atoms with van der Waals surface area (Å²) in [5.41, 5.74) is 3.40. The molecule has 7 nitrogen and oxygen atoms in total. The minimum atomic E-state index is -0.403. The maximum absolute atomic E-state index is 12.9. The zero-order chi connectivity index (χ0) is 20.7. The number of piperidine rings is 1. The van der Waals surface area contributed by atoms with E-state index in [1.807, 2.05) is 27.8 Å². The second kappa shape index (κ2) is 7.33. The number of nitrogens with zero attached hydrogens (tertiary/aromatic N) is 3. The third-order valence-electron chi connectivity index (χ3n) is 6.18. The molecular formula is C23H22N4O3. The number of aromatic nitrogens is 2. The fourth-order valence-corrected chi connectivity index (χ4v) is 4.56. The van der Waals surface area contributed by atoms with Crippen LogP contribution in [0.15, 0.2) is 60.9 Å². The van der Waals surface area contributed by atoms with Gasteiger partial charge in [-0.1, -0.05) is 18.2 Å². The number of likely N-dealkylation sites (tertiary alicyclic amines) is 1. The Bertz CT molecular complexity index is 1250. The number of aromatic amines is 1. The number of amides is 1. The standard InChI is InChI=1S/C23H22N4O3/c28-23(15-26-12-9-17-13-18(27(29)30)5-6-22(17)26)25-10-7-16(8-11-25)20-14-24-21-4-2-1-3-19(20)21/h1-6,9,12-14,16,24H,7-8,10-11,15H2. The van der Waals surface area contributed by atoms with Crippen molar-refractivity contribution >= 4 is 33.4 Å². The fraction of sp³-hybridized carbons (Fsp3) is 0.261. The first kappa shape index (κ1) is 18.4. The van der Waals surface area contributed by atoms with Gasteiger partial charge in [0, 0.05) is 59.4 Å². The molecular weight excluding hydrogens is 380 g/mol. The van der Waals surface area contributed by atoms with Gasteiger partial charge in [0.1, 0.15) is 6.54 Å². The van der Waals surface area contributed by atoms with Crippen molar-refractivity contribution in [2.24, 2.45) is 0 Å². The molecule has 152 valence electrons. The van der Waals surface area contributed by atoms with E-state index in [2.05, 4.69) is 29.4 Å². The van der Waals surface area contributed by atoms with Crippen LogP contribution in [0.3, 0.4) is 0 Å². The Labute approximate surface area is 173 Å². The number of nitrogens with one attached hydrogen (secondary N) is 1. The Morgan fingerprint density at radius 2 is 1.93 bits per heavy atom. The van der Waals surface area contributed by atoms with Gasteiger partial charge >= 0.3 is 0 Å². The van der Waals surface area contributed by atoms with E-state index in [-0.39, 0.29) is 18.1 Å². The summed E-state index contributed by atoms with van der Waals surface area (Å²) < 4.78 is 1.87. The molecule has 1 aliphatic rings. The van der Waals surface area contributed by atoms with E-state index in [1.165, 1.54) is 17.0 Å². The average molecular weight is 402 g/mol. The van der Waals surface area contributed by atoms with Gasteiger partial charge in [0.15, 0.2) is 0 Å². The third kappa shape index (κ3) is 3.22. The van der Waals surface area contributed by atoms with Crippen molar-refractivity contribution in [1.29, 1.82) is 0 Å². The first-order valence-electron chi connectivity index (χ1n) is 10.2. The van der Waals surface area contributed by atoms with E-state index in [0.717, 1.165) is 42.4 Å². The van der Waals surface area contributed by atoms with Gasteiger partial charge in [-0.2, -0.15) is 0 Å². The molecule has 1 N–H and O–H groups in total. The molecule has 0 spiro atoms. The number of non-ortho nitro benzene ring substituents is 1. The van der Waals surface area contributed by atoms with Gasteiger partial charge in [0.05, 0.1) is 4.92 Å². The smallest absolute Gasteiger partial charge is 0.270 e. The zero-order valence-electron chi connectivity index (χ0n) is 16.5. The van der Waals surface area contributed by atoms with Crippen molar-refractivity contribution < 1.29 is 9.72 Å². The Hall–Kier alpha value is -3.61. The summed E-state index contributed by atoms with van der Waals surface area (Å²) in [6.07, 6.45) is 5.83. The number of fused-ring (bicyclic) bond motifs is 2. The number of benzene rings is 2. The van der Waals surface area contributed by atoms with Gasteiger partial charge in [-0.15, -0.1) is 0 Å². The summed E-state index contributed by atoms with van der Waals surface area (Å²) in [7, 11) is 0. The molecule has 1 aliphatic heterocycles. The number of nitro groups is 1. The maximum Gasteiger partial charge on any atom is 0.270 e. The molecule has 5 rings (SSSR count). The fourth-order valence-electron chi connectivity index (χ4n) is 4.56. The van der Waals surface area contributed by atoms with Crippen molar-refractivity contribution in [2.75, 3.05) is 13.1 Å². The molecule has 1 fully saturated rings. The molecule has 0 aliphatic carbocycles. The summed E-state index contributed by atoms with van der Waals surface area (Å²) >= 11 is 0. The minimum Gasteiger partial charge on any atom is -0.361 e. The second-order valence-electron chi connectivity index (χ2n) is 7.89. The van der Waals surface area contributed by atoms with E-state index < -0.39 is 4.92 Å². The highest BCUT2D eigenvalue weighted by Crippen LogP contribution is 2.33. The summed E-state index contributed by atoms with van der Waals surface area (Å²) in [5.74, 6) is 0.543. The zero-order valence-corrected chi connectivity index (χ0v) is 16.5. The average Bonchev–Trinajstić information content (AvgIpc) is 3.38. The number of hydrogen-bond acceptors (Lipinski definition) is 3. The normalized spacial score (nSPS) is 15.1. The summed E-state index contributed by atoms with van der Waals surface area (Å²) in [6, 6.07) is 14.9. The van der Waals surface area contributed by atoms with E-state index >= 15 is 0 Å². The van der Waals surface area contributed by atoms with Crippen LogP contribution in [-0.2, 0) is 11.3 Å². The molecule has 0 bridgehead atoms. The van der Waals surface area contributed by atoms with Crippen LogP contribution in [0, 0.1) is 10.1 Å². The minimum absolute atomic E-state index is 0.0610. The van der Waals surface area contributed by atoms with Gasteiger partial charge in [-0.3, -0.25) is 14.9 Å². The van der Waals surface area contributed by atoms with Gasteiger partial charge < -0.3 is 14.5 Å². The van der Waals surface area contributed by atoms with Crippen LogP contribution < -0.4 is 0 Å². The van der Waals surface area contributed by atoms with Gasteiger partial charge in [-0.05, 0) is 42.5 Å². The maximum atomic E-state index is 12.9. The topological polar surface area (TPSA) is 84.2 Å². The molecule has 0 saturated carbocycles. The number of H-pyrrole nitrogens is 1. The van der Waals surface area contributed by atoms with Crippen LogP contribution in [0.4, 0.5) is 5.69 Å². The Morgan fingerprint density at radius 3 is 2.73 bits per heavy atom. The van der Waals surface area contributed by atoms with E-state index in [9.17, 15) is 14.9 Å². The molecule has 7 heteroatoms. The van der Waals surface area contributed by atoms with Crippen molar-refractivity contribution in [3.05, 3.63) is 76.6 Å². The first-order valence-corrected chi connectivity index (χ1v) is 10.2. The monoisotopic (exact) mass is 402 g/mol. The molecule has 30 heavy (non-hydrogen) atoms. The van der Waals surface area contributed by atoms with Crippen molar-refractivity contribution in [3.8, 4) is 0 Å². The van der Waals surface area contributed by atoms with Gasteiger partial charge in [-0.25, -0.2) is 0 Å². The molecule has 2 aromatic heterocycles. The highest BCUT2D eigenvalue weighted by Gasteiger charge is 2.25. The van der Waals surface area contributed by atoms with Crippen molar-refractivity contribution in [1.82, 2.24) is 14.5 Å². The largest absolute Gasteiger partial charge is 0.361 e.